The Morgan fingerprint density at radius 2 is 1.89 bits per heavy atom. The minimum Gasteiger partial charge on any atom is -0.488 e. The molecule has 1 aliphatic heterocycles. The molecule has 0 aliphatic carbocycles. The van der Waals surface area contributed by atoms with E-state index in [-0.39, 0.29) is 37.0 Å². The predicted molar refractivity (Wildman–Crippen MR) is 135 cm³/mol. The number of carbonyl (C=O) groups is 1. The third-order valence-electron chi connectivity index (χ3n) is 6.50. The molecule has 0 radical (unpaired) electrons. The van der Waals surface area contributed by atoms with E-state index in [4.69, 9.17) is 15.2 Å². The lowest BCUT2D eigenvalue weighted by molar-refractivity contribution is 0.0784. The summed E-state index contributed by atoms with van der Waals surface area (Å²) in [6.07, 6.45) is 2.35. The van der Waals surface area contributed by atoms with Gasteiger partial charge in [-0.3, -0.25) is 9.78 Å². The SMILES string of the molecule is COCCOc1ccc(F)c(-c2nc(C(=O)Cc3cnccc3N3C[C@@H](N)[C@H](O)[C@@H](C)C3)ccc2F)c1F. The van der Waals surface area contributed by atoms with E-state index >= 15 is 4.39 Å². The Morgan fingerprint density at radius 1 is 1.13 bits per heavy atom. The Labute approximate surface area is 218 Å². The summed E-state index contributed by atoms with van der Waals surface area (Å²) in [5, 5.41) is 10.2. The molecule has 1 aromatic carbocycles. The second-order valence-electron chi connectivity index (χ2n) is 9.24. The van der Waals surface area contributed by atoms with Crippen LogP contribution in [0.5, 0.6) is 5.75 Å². The molecule has 0 amide bonds. The molecule has 3 atom stereocenters. The fourth-order valence-electron chi connectivity index (χ4n) is 4.51. The van der Waals surface area contributed by atoms with Crippen LogP contribution in [0.1, 0.15) is 23.0 Å². The van der Waals surface area contributed by atoms with Gasteiger partial charge in [0.1, 0.15) is 29.6 Å². The first-order chi connectivity index (χ1) is 18.2. The van der Waals surface area contributed by atoms with Crippen LogP contribution in [0.3, 0.4) is 0 Å². The lowest BCUT2D eigenvalue weighted by atomic mass is 9.92. The zero-order chi connectivity index (χ0) is 27.4. The van der Waals surface area contributed by atoms with Crippen molar-refractivity contribution in [1.82, 2.24) is 9.97 Å². The summed E-state index contributed by atoms with van der Waals surface area (Å²) < 4.78 is 54.6. The number of hydrogen-bond donors (Lipinski definition) is 2. The summed E-state index contributed by atoms with van der Waals surface area (Å²) in [5.74, 6) is -4.06. The van der Waals surface area contributed by atoms with Gasteiger partial charge < -0.3 is 25.2 Å². The number of ketones is 1. The number of rotatable bonds is 9. The van der Waals surface area contributed by atoms with Crippen molar-refractivity contribution in [2.45, 2.75) is 25.5 Å². The number of ether oxygens (including phenoxy) is 2. The average Bonchev–Trinajstić information content (AvgIpc) is 2.89. The number of aromatic nitrogens is 2. The molecule has 202 valence electrons. The topological polar surface area (TPSA) is 111 Å². The molecule has 3 N–H and O–H groups in total. The molecule has 38 heavy (non-hydrogen) atoms. The highest BCUT2D eigenvalue weighted by Gasteiger charge is 2.32. The molecule has 2 aromatic heterocycles. The number of benzene rings is 1. The summed E-state index contributed by atoms with van der Waals surface area (Å²) in [6.45, 7) is 2.97. The van der Waals surface area contributed by atoms with E-state index in [1.54, 1.807) is 18.5 Å². The van der Waals surface area contributed by atoms with E-state index in [0.717, 1.165) is 23.9 Å². The lowest BCUT2D eigenvalue weighted by Crippen LogP contribution is -2.55. The van der Waals surface area contributed by atoms with Gasteiger partial charge in [0.05, 0.1) is 18.3 Å². The van der Waals surface area contributed by atoms with Crippen molar-refractivity contribution < 1.29 is 32.5 Å². The maximum atomic E-state index is 15.1. The summed E-state index contributed by atoms with van der Waals surface area (Å²) in [6, 6.07) is 5.44. The van der Waals surface area contributed by atoms with Crippen LogP contribution in [0.4, 0.5) is 18.9 Å². The maximum absolute atomic E-state index is 15.1. The van der Waals surface area contributed by atoms with Gasteiger partial charge in [0.2, 0.25) is 0 Å². The lowest BCUT2D eigenvalue weighted by Gasteiger charge is -2.40. The summed E-state index contributed by atoms with van der Waals surface area (Å²) >= 11 is 0. The number of carbonyl (C=O) groups excluding carboxylic acids is 1. The highest BCUT2D eigenvalue weighted by molar-refractivity contribution is 5.97. The molecular formula is C27H29F3N4O4. The van der Waals surface area contributed by atoms with Gasteiger partial charge in [-0.15, -0.1) is 0 Å². The molecular weight excluding hydrogens is 501 g/mol. The molecule has 0 unspecified atom stereocenters. The number of halogens is 3. The van der Waals surface area contributed by atoms with E-state index in [2.05, 4.69) is 9.97 Å². The molecule has 3 aromatic rings. The second kappa shape index (κ2) is 11.9. The van der Waals surface area contributed by atoms with Crippen molar-refractivity contribution in [2.24, 2.45) is 11.7 Å². The molecule has 0 spiro atoms. The van der Waals surface area contributed by atoms with Gasteiger partial charge in [0.25, 0.3) is 0 Å². The number of methoxy groups -OCH3 is 1. The number of anilines is 1. The van der Waals surface area contributed by atoms with Crippen molar-refractivity contribution in [3.05, 3.63) is 71.4 Å². The van der Waals surface area contributed by atoms with Gasteiger partial charge in [-0.2, -0.15) is 0 Å². The van der Waals surface area contributed by atoms with Crippen molar-refractivity contribution in [3.63, 3.8) is 0 Å². The highest BCUT2D eigenvalue weighted by Crippen LogP contribution is 2.33. The van der Waals surface area contributed by atoms with E-state index in [1.165, 1.54) is 13.2 Å². The van der Waals surface area contributed by atoms with Crippen LogP contribution < -0.4 is 15.4 Å². The van der Waals surface area contributed by atoms with E-state index in [0.29, 0.717) is 18.7 Å². The van der Waals surface area contributed by atoms with Crippen LogP contribution in [0.25, 0.3) is 11.3 Å². The van der Waals surface area contributed by atoms with Crippen LogP contribution in [0.2, 0.25) is 0 Å². The number of aliphatic hydroxyl groups is 1. The molecule has 1 saturated heterocycles. The molecule has 11 heteroatoms. The molecule has 8 nitrogen and oxygen atoms in total. The maximum Gasteiger partial charge on any atom is 0.185 e. The standard InChI is InChI=1S/C27H29F3N4O4/c1-15-13-34(14-19(31)27(15)36)21-7-8-32-12-16(21)11-22(35)20-5-3-18(29)26(33-20)24-17(28)4-6-23(25(24)30)38-10-9-37-2/h3-8,12,15,19,27,36H,9-11,13-14,31H2,1-2H3/t15-,19+,27+/m0/s1. The van der Waals surface area contributed by atoms with Gasteiger partial charge in [-0.1, -0.05) is 6.92 Å². The smallest absolute Gasteiger partial charge is 0.185 e. The number of nitrogens with two attached hydrogens (primary N) is 1. The largest absolute Gasteiger partial charge is 0.488 e. The molecule has 0 saturated carbocycles. The van der Waals surface area contributed by atoms with Gasteiger partial charge in [-0.25, -0.2) is 18.2 Å². The van der Waals surface area contributed by atoms with Crippen LogP contribution in [0.15, 0.2) is 42.7 Å². The molecule has 1 fully saturated rings. The van der Waals surface area contributed by atoms with Crippen LogP contribution in [-0.2, 0) is 11.2 Å². The van der Waals surface area contributed by atoms with Crippen LogP contribution in [-0.4, -0.2) is 66.4 Å². The summed E-state index contributed by atoms with van der Waals surface area (Å²) in [7, 11) is 1.44. The molecule has 1 aliphatic rings. The number of piperidine rings is 1. The normalized spacial score (nSPS) is 19.4. The quantitative estimate of drug-likeness (QED) is 0.321. The van der Waals surface area contributed by atoms with Gasteiger partial charge in [0.15, 0.2) is 17.3 Å². The first-order valence-electron chi connectivity index (χ1n) is 12.1. The van der Waals surface area contributed by atoms with Crippen LogP contribution >= 0.6 is 0 Å². The highest BCUT2D eigenvalue weighted by atomic mass is 19.1. The van der Waals surface area contributed by atoms with Crippen molar-refractivity contribution >= 4 is 11.5 Å². The summed E-state index contributed by atoms with van der Waals surface area (Å²) in [5.41, 5.74) is 5.86. The molecule has 3 heterocycles. The third-order valence-corrected chi connectivity index (χ3v) is 6.50. The number of aliphatic hydroxyl groups excluding tert-OH is 1. The van der Waals surface area contributed by atoms with Gasteiger partial charge in [-0.05, 0) is 30.3 Å². The van der Waals surface area contributed by atoms with Crippen LogP contribution in [0, 0.1) is 23.4 Å². The van der Waals surface area contributed by atoms with Crippen molar-refractivity contribution in [2.75, 3.05) is 38.3 Å². The van der Waals surface area contributed by atoms with Crippen molar-refractivity contribution in [1.29, 1.82) is 0 Å². The monoisotopic (exact) mass is 530 g/mol. The minimum absolute atomic E-state index is 0.0000323. The predicted octanol–water partition coefficient (Wildman–Crippen LogP) is 3.16. The van der Waals surface area contributed by atoms with E-state index < -0.39 is 46.6 Å². The number of nitrogens with zero attached hydrogens (tertiary/aromatic N) is 3. The Kier molecular flexibility index (Phi) is 8.60. The second-order valence-corrected chi connectivity index (χ2v) is 9.24. The zero-order valence-electron chi connectivity index (χ0n) is 21.0. The number of hydrogen-bond acceptors (Lipinski definition) is 8. The number of Topliss-reactive ketones (excluding diaryl/α,β-unsaturated/α-hetero) is 1. The third kappa shape index (κ3) is 5.79. The summed E-state index contributed by atoms with van der Waals surface area (Å²) in [4.78, 5) is 23.3. The van der Waals surface area contributed by atoms with Gasteiger partial charge >= 0.3 is 0 Å². The van der Waals surface area contributed by atoms with E-state index in [9.17, 15) is 18.7 Å². The van der Waals surface area contributed by atoms with E-state index in [1.807, 2.05) is 11.8 Å². The zero-order valence-corrected chi connectivity index (χ0v) is 21.0. The molecule has 4 rings (SSSR count). The Hall–Kier alpha value is -3.54. The van der Waals surface area contributed by atoms with Gasteiger partial charge in [0, 0.05) is 62.2 Å². The minimum atomic E-state index is -1.13. The van der Waals surface area contributed by atoms with Crippen molar-refractivity contribution in [3.8, 4) is 17.0 Å². The first kappa shape index (κ1) is 27.5. The first-order valence-corrected chi connectivity index (χ1v) is 12.1. The fraction of sp³-hybridized carbons (Fsp3) is 0.370. The Morgan fingerprint density at radius 3 is 2.63 bits per heavy atom. The molecule has 0 bridgehead atoms. The Balaban J connectivity index is 1.62. The Bertz CT molecular complexity index is 1300. The average molecular weight is 531 g/mol. The number of pyridine rings is 2. The fourth-order valence-corrected chi connectivity index (χ4v) is 4.51.